The number of hydrogen-bond donors (Lipinski definition) is 2. The van der Waals surface area contributed by atoms with E-state index < -0.39 is 11.5 Å². The van der Waals surface area contributed by atoms with E-state index in [-0.39, 0.29) is 12.3 Å². The zero-order chi connectivity index (χ0) is 14.6. The van der Waals surface area contributed by atoms with Crippen LogP contribution >= 0.6 is 27.3 Å². The molecule has 1 aliphatic rings. The van der Waals surface area contributed by atoms with Gasteiger partial charge in [0.15, 0.2) is 0 Å². The molecule has 2 N–H and O–H groups in total. The lowest BCUT2D eigenvalue weighted by atomic mass is 9.93. The van der Waals surface area contributed by atoms with Gasteiger partial charge in [0.05, 0.1) is 15.7 Å². The van der Waals surface area contributed by atoms with Crippen LogP contribution in [0.3, 0.4) is 0 Å². The smallest absolute Gasteiger partial charge is 0.305 e. The summed E-state index contributed by atoms with van der Waals surface area (Å²) in [5.74, 6) is -1.09. The van der Waals surface area contributed by atoms with Crippen LogP contribution in [0, 0.1) is 0 Å². The molecule has 0 unspecified atom stereocenters. The highest BCUT2D eigenvalue weighted by Crippen LogP contribution is 2.32. The summed E-state index contributed by atoms with van der Waals surface area (Å²) in [5, 5.41) is 11.9. The Kier molecular flexibility index (Phi) is 4.99. The van der Waals surface area contributed by atoms with Gasteiger partial charge in [-0.15, -0.1) is 11.3 Å². The summed E-state index contributed by atoms with van der Waals surface area (Å²) in [6.07, 6.45) is 6.63. The standard InChI is InChI=1S/C14H16BrNO3S/c15-11-5-3-10(20-11)4-6-12(17)16-14(9-13(18)19)7-1-2-8-14/h3-6H,1-2,7-9H2,(H,16,17)(H,18,19). The van der Waals surface area contributed by atoms with Gasteiger partial charge in [-0.1, -0.05) is 12.8 Å². The van der Waals surface area contributed by atoms with E-state index in [2.05, 4.69) is 21.2 Å². The van der Waals surface area contributed by atoms with Gasteiger partial charge in [-0.25, -0.2) is 0 Å². The monoisotopic (exact) mass is 357 g/mol. The van der Waals surface area contributed by atoms with E-state index >= 15 is 0 Å². The van der Waals surface area contributed by atoms with Crippen LogP contribution in [0.2, 0.25) is 0 Å². The van der Waals surface area contributed by atoms with Gasteiger partial charge in [0.1, 0.15) is 0 Å². The second-order valence-corrected chi connectivity index (χ2v) is 7.52. The summed E-state index contributed by atoms with van der Waals surface area (Å²) >= 11 is 4.90. The van der Waals surface area contributed by atoms with E-state index in [1.807, 2.05) is 12.1 Å². The first-order valence-electron chi connectivity index (χ1n) is 6.46. The van der Waals surface area contributed by atoms with E-state index in [1.165, 1.54) is 17.4 Å². The normalized spacial score (nSPS) is 17.4. The van der Waals surface area contributed by atoms with Crippen LogP contribution in [0.25, 0.3) is 6.08 Å². The lowest BCUT2D eigenvalue weighted by Crippen LogP contribution is -2.47. The number of thiophene rings is 1. The van der Waals surface area contributed by atoms with E-state index in [0.29, 0.717) is 0 Å². The maximum Gasteiger partial charge on any atom is 0.305 e. The summed E-state index contributed by atoms with van der Waals surface area (Å²) < 4.78 is 1.01. The summed E-state index contributed by atoms with van der Waals surface area (Å²) in [4.78, 5) is 23.9. The van der Waals surface area contributed by atoms with Gasteiger partial charge in [0.25, 0.3) is 0 Å². The topological polar surface area (TPSA) is 66.4 Å². The van der Waals surface area contributed by atoms with Crippen molar-refractivity contribution in [2.24, 2.45) is 0 Å². The highest BCUT2D eigenvalue weighted by Gasteiger charge is 2.36. The van der Waals surface area contributed by atoms with E-state index in [9.17, 15) is 9.59 Å². The fourth-order valence-corrected chi connectivity index (χ4v) is 3.89. The highest BCUT2D eigenvalue weighted by atomic mass is 79.9. The van der Waals surface area contributed by atoms with E-state index in [4.69, 9.17) is 5.11 Å². The Labute approximate surface area is 130 Å². The van der Waals surface area contributed by atoms with Gasteiger partial charge >= 0.3 is 5.97 Å². The largest absolute Gasteiger partial charge is 0.481 e. The number of carboxylic acids is 1. The zero-order valence-electron chi connectivity index (χ0n) is 10.9. The lowest BCUT2D eigenvalue weighted by Gasteiger charge is -2.27. The molecule has 0 saturated heterocycles. The summed E-state index contributed by atoms with van der Waals surface area (Å²) in [6, 6.07) is 3.84. The second kappa shape index (κ2) is 6.54. The number of carbonyl (C=O) groups is 2. The number of rotatable bonds is 5. The Morgan fingerprint density at radius 1 is 1.40 bits per heavy atom. The van der Waals surface area contributed by atoms with Gasteiger partial charge < -0.3 is 10.4 Å². The molecule has 0 aliphatic heterocycles. The minimum absolute atomic E-state index is 0.00285. The van der Waals surface area contributed by atoms with Crippen LogP contribution in [0.15, 0.2) is 22.0 Å². The quantitative estimate of drug-likeness (QED) is 0.793. The van der Waals surface area contributed by atoms with Crippen molar-refractivity contribution < 1.29 is 14.7 Å². The molecule has 1 aliphatic carbocycles. The van der Waals surface area contributed by atoms with Crippen molar-refractivity contribution in [1.29, 1.82) is 0 Å². The molecule has 4 nitrogen and oxygen atoms in total. The Morgan fingerprint density at radius 2 is 2.10 bits per heavy atom. The van der Waals surface area contributed by atoms with Crippen LogP contribution in [0.1, 0.15) is 37.0 Å². The number of halogens is 1. The molecule has 0 aromatic carbocycles. The first-order valence-corrected chi connectivity index (χ1v) is 8.07. The summed E-state index contributed by atoms with van der Waals surface area (Å²) in [6.45, 7) is 0. The Bertz CT molecular complexity index is 532. The first-order chi connectivity index (χ1) is 9.49. The van der Waals surface area contributed by atoms with E-state index in [1.54, 1.807) is 6.08 Å². The lowest BCUT2D eigenvalue weighted by molar-refractivity contribution is -0.139. The molecule has 2 rings (SSSR count). The third kappa shape index (κ3) is 4.18. The van der Waals surface area contributed by atoms with Gasteiger partial charge in [0, 0.05) is 11.0 Å². The zero-order valence-corrected chi connectivity index (χ0v) is 13.3. The number of carboxylic acid groups (broad SMARTS) is 1. The fraction of sp³-hybridized carbons (Fsp3) is 0.429. The molecule has 0 bridgehead atoms. The van der Waals surface area contributed by atoms with Crippen molar-refractivity contribution in [2.45, 2.75) is 37.6 Å². The average Bonchev–Trinajstić information content (AvgIpc) is 2.95. The van der Waals surface area contributed by atoms with Crippen molar-refractivity contribution in [1.82, 2.24) is 5.32 Å². The molecule has 0 atom stereocenters. The molecule has 1 aromatic rings. The maximum atomic E-state index is 12.0. The van der Waals surface area contributed by atoms with Gasteiger partial charge in [-0.05, 0) is 47.0 Å². The predicted octanol–water partition coefficient (Wildman–Crippen LogP) is 3.43. The van der Waals surface area contributed by atoms with Crippen molar-refractivity contribution in [3.63, 3.8) is 0 Å². The first kappa shape index (κ1) is 15.3. The Balaban J connectivity index is 1.98. The van der Waals surface area contributed by atoms with Crippen molar-refractivity contribution >= 4 is 45.2 Å². The number of amides is 1. The predicted molar refractivity (Wildman–Crippen MR) is 82.6 cm³/mol. The van der Waals surface area contributed by atoms with Crippen LogP contribution < -0.4 is 5.32 Å². The summed E-state index contributed by atoms with van der Waals surface area (Å²) in [5.41, 5.74) is -0.566. The molecule has 1 amide bonds. The van der Waals surface area contributed by atoms with Crippen LogP contribution in [0.4, 0.5) is 0 Å². The van der Waals surface area contributed by atoms with Crippen molar-refractivity contribution in [3.8, 4) is 0 Å². The van der Waals surface area contributed by atoms with Crippen LogP contribution in [0.5, 0.6) is 0 Å². The SMILES string of the molecule is O=C(O)CC1(NC(=O)C=Cc2ccc(Br)s2)CCCC1. The number of carbonyl (C=O) groups excluding carboxylic acids is 1. The van der Waals surface area contributed by atoms with Gasteiger partial charge in [0.2, 0.25) is 5.91 Å². The minimum Gasteiger partial charge on any atom is -0.481 e. The van der Waals surface area contributed by atoms with E-state index in [0.717, 1.165) is 34.3 Å². The van der Waals surface area contributed by atoms with Crippen molar-refractivity contribution in [3.05, 3.63) is 26.9 Å². The number of aliphatic carboxylic acids is 1. The molecule has 0 spiro atoms. The molecule has 0 radical (unpaired) electrons. The number of nitrogens with one attached hydrogen (secondary N) is 1. The fourth-order valence-electron chi connectivity index (χ4n) is 2.57. The molecule has 1 heterocycles. The molecular weight excluding hydrogens is 342 g/mol. The van der Waals surface area contributed by atoms with Crippen molar-refractivity contribution in [2.75, 3.05) is 0 Å². The Hall–Kier alpha value is -1.14. The molecule has 108 valence electrons. The molecule has 1 fully saturated rings. The minimum atomic E-state index is -0.863. The molecule has 1 saturated carbocycles. The third-order valence-corrected chi connectivity index (χ3v) is 5.02. The van der Waals surface area contributed by atoms with Gasteiger partial charge in [-0.3, -0.25) is 9.59 Å². The maximum absolute atomic E-state index is 12.0. The van der Waals surface area contributed by atoms with Gasteiger partial charge in [-0.2, -0.15) is 0 Å². The molecule has 20 heavy (non-hydrogen) atoms. The number of hydrogen-bond acceptors (Lipinski definition) is 3. The van der Waals surface area contributed by atoms with Crippen LogP contribution in [-0.4, -0.2) is 22.5 Å². The molecular formula is C14H16BrNO3S. The van der Waals surface area contributed by atoms with Crippen LogP contribution in [-0.2, 0) is 9.59 Å². The average molecular weight is 358 g/mol. The molecule has 1 aromatic heterocycles. The second-order valence-electron chi connectivity index (χ2n) is 5.02. The molecule has 6 heteroatoms. The third-order valence-electron chi connectivity index (χ3n) is 3.43. The Morgan fingerprint density at radius 3 is 2.65 bits per heavy atom. The highest BCUT2D eigenvalue weighted by molar-refractivity contribution is 9.11. The summed E-state index contributed by atoms with van der Waals surface area (Å²) in [7, 11) is 0.